The van der Waals surface area contributed by atoms with E-state index in [4.69, 9.17) is 14.2 Å². The summed E-state index contributed by atoms with van der Waals surface area (Å²) in [6, 6.07) is 0. The summed E-state index contributed by atoms with van der Waals surface area (Å²) in [5.41, 5.74) is 0. The van der Waals surface area contributed by atoms with Gasteiger partial charge in [-0.25, -0.2) is 0 Å². The van der Waals surface area contributed by atoms with E-state index in [-0.39, 0.29) is 31.1 Å². The Bertz CT molecular complexity index is 1300. The van der Waals surface area contributed by atoms with Gasteiger partial charge in [-0.2, -0.15) is 0 Å². The number of rotatable bonds is 65. The van der Waals surface area contributed by atoms with Crippen molar-refractivity contribution in [1.29, 1.82) is 0 Å². The molecule has 0 aliphatic carbocycles. The van der Waals surface area contributed by atoms with E-state index in [1.165, 1.54) is 270 Å². The van der Waals surface area contributed by atoms with Crippen LogP contribution in [0.2, 0.25) is 0 Å². The van der Waals surface area contributed by atoms with Gasteiger partial charge in [0.2, 0.25) is 0 Å². The number of esters is 3. The van der Waals surface area contributed by atoms with Crippen molar-refractivity contribution >= 4 is 17.9 Å². The molecule has 1 unspecified atom stereocenters. The van der Waals surface area contributed by atoms with E-state index >= 15 is 0 Å². The molecule has 0 bridgehead atoms. The Morgan fingerprint density at radius 1 is 0.256 bits per heavy atom. The van der Waals surface area contributed by atoms with Crippen LogP contribution in [0.4, 0.5) is 0 Å². The molecule has 6 heteroatoms. The lowest BCUT2D eigenvalue weighted by Gasteiger charge is -2.18. The van der Waals surface area contributed by atoms with Crippen molar-refractivity contribution in [3.8, 4) is 0 Å². The second-order valence-corrected chi connectivity index (χ2v) is 23.8. The maximum atomic E-state index is 13.0. The predicted molar refractivity (Wildman–Crippen MR) is 339 cm³/mol. The van der Waals surface area contributed by atoms with E-state index in [1.54, 1.807) is 0 Å². The standard InChI is InChI=1S/C72H134O6/c1-4-7-10-13-16-19-22-25-28-30-32-34-36-38-39-41-44-47-50-53-56-59-62-65-71(74)77-68-69(67-76-70(73)64-61-58-55-52-49-46-43-27-24-21-18-15-12-9-6-3)78-72(75)66-63-60-57-54-51-48-45-42-40-37-35-33-31-29-26-23-20-17-14-11-8-5-2/h22,25,30,32,36,38,69H,4-21,23-24,26-29,31,33-35,37,39-68H2,1-3H3/b25-22-,32-30-,38-36-. The Labute approximate surface area is 486 Å². The molecule has 0 rings (SSSR count). The minimum Gasteiger partial charge on any atom is -0.462 e. The van der Waals surface area contributed by atoms with Crippen LogP contribution in [-0.4, -0.2) is 37.2 Å². The van der Waals surface area contributed by atoms with Gasteiger partial charge >= 0.3 is 17.9 Å². The van der Waals surface area contributed by atoms with Gasteiger partial charge in [-0.15, -0.1) is 0 Å². The fraction of sp³-hybridized carbons (Fsp3) is 0.875. The van der Waals surface area contributed by atoms with Crippen LogP contribution >= 0.6 is 0 Å². The topological polar surface area (TPSA) is 78.9 Å². The summed E-state index contributed by atoms with van der Waals surface area (Å²) in [4.78, 5) is 38.4. The summed E-state index contributed by atoms with van der Waals surface area (Å²) >= 11 is 0. The quantitative estimate of drug-likeness (QED) is 0.0261. The Hall–Kier alpha value is -2.37. The lowest BCUT2D eigenvalue weighted by Crippen LogP contribution is -2.30. The highest BCUT2D eigenvalue weighted by molar-refractivity contribution is 5.71. The summed E-state index contributed by atoms with van der Waals surface area (Å²) in [6.07, 6.45) is 83.0. The third-order valence-corrected chi connectivity index (χ3v) is 15.9. The van der Waals surface area contributed by atoms with Crippen LogP contribution < -0.4 is 0 Å². The Morgan fingerprint density at radius 3 is 0.718 bits per heavy atom. The second kappa shape index (κ2) is 67.1. The molecule has 0 N–H and O–H groups in total. The summed E-state index contributed by atoms with van der Waals surface area (Å²) in [5, 5.41) is 0. The monoisotopic (exact) mass is 1100 g/mol. The number of carbonyl (C=O) groups is 3. The van der Waals surface area contributed by atoms with Gasteiger partial charge in [-0.1, -0.05) is 346 Å². The maximum absolute atomic E-state index is 13.0. The van der Waals surface area contributed by atoms with Gasteiger partial charge in [0.1, 0.15) is 13.2 Å². The normalized spacial score (nSPS) is 12.2. The van der Waals surface area contributed by atoms with Gasteiger partial charge in [-0.3, -0.25) is 14.4 Å². The molecule has 0 aliphatic rings. The van der Waals surface area contributed by atoms with E-state index in [9.17, 15) is 14.4 Å². The van der Waals surface area contributed by atoms with Crippen molar-refractivity contribution in [2.75, 3.05) is 13.2 Å². The van der Waals surface area contributed by atoms with Gasteiger partial charge in [0.15, 0.2) is 6.10 Å². The highest BCUT2D eigenvalue weighted by atomic mass is 16.6. The molecule has 0 aliphatic heterocycles. The maximum Gasteiger partial charge on any atom is 0.306 e. The minimum atomic E-state index is -0.773. The third kappa shape index (κ3) is 64.5. The van der Waals surface area contributed by atoms with E-state index in [0.717, 1.165) is 77.0 Å². The van der Waals surface area contributed by atoms with Crippen molar-refractivity contribution < 1.29 is 28.6 Å². The number of carbonyl (C=O) groups excluding carboxylic acids is 3. The van der Waals surface area contributed by atoms with Gasteiger partial charge in [0.05, 0.1) is 0 Å². The van der Waals surface area contributed by atoms with Gasteiger partial charge < -0.3 is 14.2 Å². The average Bonchev–Trinajstić information content (AvgIpc) is 3.44. The molecular weight excluding hydrogens is 961 g/mol. The zero-order valence-corrected chi connectivity index (χ0v) is 52.7. The molecule has 0 spiro atoms. The van der Waals surface area contributed by atoms with Crippen LogP contribution in [0.3, 0.4) is 0 Å². The molecule has 0 radical (unpaired) electrons. The SMILES string of the molecule is CCCCCCC/C=C\C/C=C\C/C=C\CCCCCCCCCCC(=O)OCC(COC(=O)CCCCCCCCCCCCCCCCC)OC(=O)CCCCCCCCCCCCCCCCCCCCCCCC. The zero-order chi connectivity index (χ0) is 56.4. The molecule has 458 valence electrons. The average molecular weight is 1100 g/mol. The number of hydrogen-bond acceptors (Lipinski definition) is 6. The van der Waals surface area contributed by atoms with E-state index in [1.807, 2.05) is 0 Å². The molecule has 78 heavy (non-hydrogen) atoms. The molecule has 0 heterocycles. The first-order valence-corrected chi connectivity index (χ1v) is 35.0. The summed E-state index contributed by atoms with van der Waals surface area (Å²) in [7, 11) is 0. The smallest absolute Gasteiger partial charge is 0.306 e. The molecule has 0 aromatic carbocycles. The van der Waals surface area contributed by atoms with Gasteiger partial charge in [0, 0.05) is 19.3 Å². The molecule has 1 atom stereocenters. The molecular formula is C72H134O6. The summed E-state index contributed by atoms with van der Waals surface area (Å²) in [5.74, 6) is -0.845. The Morgan fingerprint density at radius 2 is 0.462 bits per heavy atom. The number of allylic oxidation sites excluding steroid dienone is 6. The van der Waals surface area contributed by atoms with Crippen molar-refractivity contribution in [1.82, 2.24) is 0 Å². The fourth-order valence-electron chi connectivity index (χ4n) is 10.6. The first-order valence-electron chi connectivity index (χ1n) is 35.0. The molecule has 0 saturated heterocycles. The van der Waals surface area contributed by atoms with Crippen LogP contribution in [0.5, 0.6) is 0 Å². The Kier molecular flexibility index (Phi) is 65.1. The van der Waals surface area contributed by atoms with Crippen molar-refractivity contribution in [2.45, 2.75) is 393 Å². The molecule has 0 saturated carbocycles. The lowest BCUT2D eigenvalue weighted by molar-refractivity contribution is -0.167. The van der Waals surface area contributed by atoms with Crippen LogP contribution in [0, 0.1) is 0 Å². The highest BCUT2D eigenvalue weighted by Gasteiger charge is 2.19. The molecule has 6 nitrogen and oxygen atoms in total. The molecule has 0 aromatic rings. The first-order chi connectivity index (χ1) is 38.5. The van der Waals surface area contributed by atoms with Crippen molar-refractivity contribution in [3.63, 3.8) is 0 Å². The minimum absolute atomic E-state index is 0.0684. The first kappa shape index (κ1) is 75.6. The van der Waals surface area contributed by atoms with Gasteiger partial charge in [-0.05, 0) is 57.8 Å². The summed E-state index contributed by atoms with van der Waals surface area (Å²) < 4.78 is 17.0. The van der Waals surface area contributed by atoms with E-state index < -0.39 is 6.10 Å². The summed E-state index contributed by atoms with van der Waals surface area (Å²) in [6.45, 7) is 6.70. The van der Waals surface area contributed by atoms with E-state index in [0.29, 0.717) is 19.3 Å². The van der Waals surface area contributed by atoms with Gasteiger partial charge in [0.25, 0.3) is 0 Å². The van der Waals surface area contributed by atoms with Crippen LogP contribution in [0.15, 0.2) is 36.5 Å². The Balaban J connectivity index is 4.30. The van der Waals surface area contributed by atoms with Crippen LogP contribution in [0.1, 0.15) is 387 Å². The predicted octanol–water partition coefficient (Wildman–Crippen LogP) is 23.9. The number of hydrogen-bond donors (Lipinski definition) is 0. The second-order valence-electron chi connectivity index (χ2n) is 23.8. The molecule has 0 fully saturated rings. The van der Waals surface area contributed by atoms with E-state index in [2.05, 4.69) is 57.2 Å². The zero-order valence-electron chi connectivity index (χ0n) is 52.7. The largest absolute Gasteiger partial charge is 0.462 e. The van der Waals surface area contributed by atoms with Crippen molar-refractivity contribution in [2.24, 2.45) is 0 Å². The molecule has 0 amide bonds. The van der Waals surface area contributed by atoms with Crippen molar-refractivity contribution in [3.05, 3.63) is 36.5 Å². The fourth-order valence-corrected chi connectivity index (χ4v) is 10.6. The highest BCUT2D eigenvalue weighted by Crippen LogP contribution is 2.18. The van der Waals surface area contributed by atoms with Crippen LogP contribution in [-0.2, 0) is 28.6 Å². The molecule has 0 aromatic heterocycles. The lowest BCUT2D eigenvalue weighted by atomic mass is 10.0. The number of ether oxygens (including phenoxy) is 3. The third-order valence-electron chi connectivity index (χ3n) is 15.9. The van der Waals surface area contributed by atoms with Crippen LogP contribution in [0.25, 0.3) is 0 Å². The number of unbranched alkanes of at least 4 members (excludes halogenated alkanes) is 48.